The van der Waals surface area contributed by atoms with Crippen LogP contribution >= 0.6 is 0 Å². The van der Waals surface area contributed by atoms with Gasteiger partial charge in [-0.2, -0.15) is 0 Å². The van der Waals surface area contributed by atoms with Crippen molar-refractivity contribution in [2.24, 2.45) is 5.92 Å². The lowest BCUT2D eigenvalue weighted by Crippen LogP contribution is -2.12. The van der Waals surface area contributed by atoms with E-state index in [4.69, 9.17) is 4.74 Å². The summed E-state index contributed by atoms with van der Waals surface area (Å²) in [6.07, 6.45) is 8.29. The molecule has 0 radical (unpaired) electrons. The van der Waals surface area contributed by atoms with Crippen LogP contribution in [0.2, 0.25) is 0 Å². The summed E-state index contributed by atoms with van der Waals surface area (Å²) in [5.41, 5.74) is 2.50. The van der Waals surface area contributed by atoms with Crippen molar-refractivity contribution in [1.29, 1.82) is 0 Å². The summed E-state index contributed by atoms with van der Waals surface area (Å²) >= 11 is 0. The first-order chi connectivity index (χ1) is 10.9. The maximum absolute atomic E-state index is 6.32. The van der Waals surface area contributed by atoms with E-state index >= 15 is 0 Å². The van der Waals surface area contributed by atoms with E-state index in [2.05, 4.69) is 60.7 Å². The molecule has 0 spiro atoms. The van der Waals surface area contributed by atoms with Crippen molar-refractivity contribution in [3.05, 3.63) is 71.8 Å². The van der Waals surface area contributed by atoms with Crippen molar-refractivity contribution in [2.75, 3.05) is 6.61 Å². The number of hydrogen-bond donors (Lipinski definition) is 0. The number of benzene rings is 2. The van der Waals surface area contributed by atoms with Crippen LogP contribution < -0.4 is 0 Å². The Morgan fingerprint density at radius 2 is 1.32 bits per heavy atom. The van der Waals surface area contributed by atoms with Crippen LogP contribution in [-0.2, 0) is 4.74 Å². The van der Waals surface area contributed by atoms with Gasteiger partial charge in [0, 0.05) is 6.61 Å². The molecule has 0 atom stereocenters. The van der Waals surface area contributed by atoms with E-state index < -0.39 is 0 Å². The fourth-order valence-electron chi connectivity index (χ4n) is 3.47. The molecule has 0 saturated heterocycles. The first-order valence-electron chi connectivity index (χ1n) is 8.65. The van der Waals surface area contributed by atoms with Gasteiger partial charge in [-0.15, -0.1) is 0 Å². The maximum Gasteiger partial charge on any atom is 0.108 e. The molecule has 3 rings (SSSR count). The molecule has 0 amide bonds. The van der Waals surface area contributed by atoms with Gasteiger partial charge in [0.25, 0.3) is 0 Å². The van der Waals surface area contributed by atoms with Crippen molar-refractivity contribution in [2.45, 2.75) is 44.6 Å². The Morgan fingerprint density at radius 1 is 0.773 bits per heavy atom. The summed E-state index contributed by atoms with van der Waals surface area (Å²) < 4.78 is 6.32. The van der Waals surface area contributed by atoms with Crippen LogP contribution in [0, 0.1) is 5.92 Å². The van der Waals surface area contributed by atoms with E-state index in [0.29, 0.717) is 0 Å². The highest BCUT2D eigenvalue weighted by Crippen LogP contribution is 2.29. The van der Waals surface area contributed by atoms with Gasteiger partial charge in [0.15, 0.2) is 0 Å². The van der Waals surface area contributed by atoms with E-state index in [-0.39, 0.29) is 6.10 Å². The van der Waals surface area contributed by atoms with Gasteiger partial charge < -0.3 is 4.74 Å². The third kappa shape index (κ3) is 4.20. The first kappa shape index (κ1) is 15.3. The summed E-state index contributed by atoms with van der Waals surface area (Å²) in [5.74, 6) is 0.876. The van der Waals surface area contributed by atoms with Gasteiger partial charge in [-0.05, 0) is 23.5 Å². The molecule has 0 heterocycles. The molecule has 1 fully saturated rings. The summed E-state index contributed by atoms with van der Waals surface area (Å²) in [5, 5.41) is 0. The minimum Gasteiger partial charge on any atom is -0.369 e. The van der Waals surface area contributed by atoms with E-state index in [9.17, 15) is 0 Å². The average molecular weight is 294 g/mol. The molecule has 1 saturated carbocycles. The minimum atomic E-state index is 0.0611. The summed E-state index contributed by atoms with van der Waals surface area (Å²) in [7, 11) is 0. The molecule has 1 aliphatic rings. The Kier molecular flexibility index (Phi) is 5.66. The average Bonchev–Trinajstić information content (AvgIpc) is 2.61. The fraction of sp³-hybridized carbons (Fsp3) is 0.429. The molecule has 0 bridgehead atoms. The molecular weight excluding hydrogens is 268 g/mol. The topological polar surface area (TPSA) is 9.23 Å². The van der Waals surface area contributed by atoms with Crippen LogP contribution in [0.3, 0.4) is 0 Å². The summed E-state index contributed by atoms with van der Waals surface area (Å²) in [6.45, 7) is 0.860. The van der Waals surface area contributed by atoms with Crippen molar-refractivity contribution in [1.82, 2.24) is 0 Å². The predicted molar refractivity (Wildman–Crippen MR) is 91.9 cm³/mol. The molecule has 0 aliphatic heterocycles. The highest BCUT2D eigenvalue weighted by molar-refractivity contribution is 5.29. The second-order valence-corrected chi connectivity index (χ2v) is 6.36. The Labute approximate surface area is 134 Å². The Balaban J connectivity index is 1.64. The number of ether oxygens (including phenoxy) is 1. The highest BCUT2D eigenvalue weighted by Gasteiger charge is 2.17. The second kappa shape index (κ2) is 8.14. The molecule has 1 aliphatic carbocycles. The Hall–Kier alpha value is -1.60. The minimum absolute atomic E-state index is 0.0611. The van der Waals surface area contributed by atoms with Crippen LogP contribution in [0.25, 0.3) is 0 Å². The molecule has 116 valence electrons. The second-order valence-electron chi connectivity index (χ2n) is 6.36. The molecular formula is C21H26O. The predicted octanol–water partition coefficient (Wildman–Crippen LogP) is 5.76. The van der Waals surface area contributed by atoms with Gasteiger partial charge in [0.05, 0.1) is 0 Å². The fourth-order valence-corrected chi connectivity index (χ4v) is 3.47. The normalized spacial score (nSPS) is 16.0. The summed E-state index contributed by atoms with van der Waals surface area (Å²) in [4.78, 5) is 0. The SMILES string of the molecule is c1ccc(C(OCCC2CCCCC2)c2ccccc2)cc1. The molecule has 2 aromatic carbocycles. The standard InChI is InChI=1S/C21H26O/c1-4-10-18(11-5-1)16-17-22-21(19-12-6-2-7-13-19)20-14-8-3-9-15-20/h2-3,6-9,12-15,18,21H,1,4-5,10-11,16-17H2. The zero-order chi connectivity index (χ0) is 15.0. The van der Waals surface area contributed by atoms with Crippen LogP contribution in [0.15, 0.2) is 60.7 Å². The number of rotatable bonds is 6. The Bertz CT molecular complexity index is 489. The van der Waals surface area contributed by atoms with Crippen LogP contribution in [0.1, 0.15) is 55.8 Å². The zero-order valence-electron chi connectivity index (χ0n) is 13.3. The summed E-state index contributed by atoms with van der Waals surface area (Å²) in [6, 6.07) is 21.2. The third-order valence-electron chi connectivity index (χ3n) is 4.74. The van der Waals surface area contributed by atoms with Crippen LogP contribution in [0.4, 0.5) is 0 Å². The molecule has 2 aromatic rings. The third-order valence-corrected chi connectivity index (χ3v) is 4.74. The zero-order valence-corrected chi connectivity index (χ0v) is 13.3. The van der Waals surface area contributed by atoms with Crippen molar-refractivity contribution in [3.8, 4) is 0 Å². The monoisotopic (exact) mass is 294 g/mol. The highest BCUT2D eigenvalue weighted by atomic mass is 16.5. The lowest BCUT2D eigenvalue weighted by Gasteiger charge is -2.24. The van der Waals surface area contributed by atoms with Crippen molar-refractivity contribution in [3.63, 3.8) is 0 Å². The molecule has 0 N–H and O–H groups in total. The van der Waals surface area contributed by atoms with Crippen molar-refractivity contribution >= 4 is 0 Å². The Morgan fingerprint density at radius 3 is 1.86 bits per heavy atom. The van der Waals surface area contributed by atoms with Crippen LogP contribution in [-0.4, -0.2) is 6.61 Å². The lowest BCUT2D eigenvalue weighted by atomic mass is 9.87. The van der Waals surface area contributed by atoms with E-state index in [1.54, 1.807) is 0 Å². The van der Waals surface area contributed by atoms with Crippen LogP contribution in [0.5, 0.6) is 0 Å². The molecule has 0 unspecified atom stereocenters. The van der Waals surface area contributed by atoms with Gasteiger partial charge in [-0.3, -0.25) is 0 Å². The van der Waals surface area contributed by atoms with E-state index in [0.717, 1.165) is 12.5 Å². The van der Waals surface area contributed by atoms with Gasteiger partial charge in [0.1, 0.15) is 6.10 Å². The lowest BCUT2D eigenvalue weighted by molar-refractivity contribution is 0.0657. The van der Waals surface area contributed by atoms with Gasteiger partial charge >= 0.3 is 0 Å². The first-order valence-corrected chi connectivity index (χ1v) is 8.65. The van der Waals surface area contributed by atoms with Gasteiger partial charge in [0.2, 0.25) is 0 Å². The largest absolute Gasteiger partial charge is 0.369 e. The molecule has 0 aromatic heterocycles. The van der Waals surface area contributed by atoms with Crippen molar-refractivity contribution < 1.29 is 4.74 Å². The smallest absolute Gasteiger partial charge is 0.108 e. The van der Waals surface area contributed by atoms with E-state index in [1.165, 1.54) is 49.7 Å². The molecule has 22 heavy (non-hydrogen) atoms. The van der Waals surface area contributed by atoms with Gasteiger partial charge in [-0.25, -0.2) is 0 Å². The maximum atomic E-state index is 6.32. The number of hydrogen-bond acceptors (Lipinski definition) is 1. The quantitative estimate of drug-likeness (QED) is 0.658. The molecule has 1 nitrogen and oxygen atoms in total. The molecule has 1 heteroatoms. The van der Waals surface area contributed by atoms with E-state index in [1.807, 2.05) is 0 Å². The van der Waals surface area contributed by atoms with Gasteiger partial charge in [-0.1, -0.05) is 92.8 Å².